The van der Waals surface area contributed by atoms with Crippen molar-refractivity contribution in [1.82, 2.24) is 9.80 Å². The van der Waals surface area contributed by atoms with Gasteiger partial charge in [-0.05, 0) is 38.3 Å². The molecule has 126 valence electrons. The van der Waals surface area contributed by atoms with Gasteiger partial charge in [0.1, 0.15) is 11.6 Å². The Bertz CT molecular complexity index is 574. The van der Waals surface area contributed by atoms with Crippen LogP contribution in [0.3, 0.4) is 0 Å². The van der Waals surface area contributed by atoms with Crippen LogP contribution < -0.4 is 0 Å². The largest absolute Gasteiger partial charge is 0.341 e. The van der Waals surface area contributed by atoms with E-state index < -0.39 is 11.6 Å². The lowest BCUT2D eigenvalue weighted by Gasteiger charge is -2.40. The second kappa shape index (κ2) is 6.95. The highest BCUT2D eigenvalue weighted by molar-refractivity contribution is 5.79. The van der Waals surface area contributed by atoms with Crippen molar-refractivity contribution in [3.63, 3.8) is 0 Å². The number of likely N-dealkylation sites (tertiary alicyclic amines) is 1. The number of likely N-dealkylation sites (N-methyl/N-ethyl adjacent to an activating group) is 1. The molecule has 23 heavy (non-hydrogen) atoms. The average molecular weight is 322 g/mol. The Balaban J connectivity index is 1.60. The van der Waals surface area contributed by atoms with Gasteiger partial charge in [-0.1, -0.05) is 12.5 Å². The number of benzene rings is 1. The second-order valence-electron chi connectivity index (χ2n) is 6.84. The van der Waals surface area contributed by atoms with Gasteiger partial charge in [0.2, 0.25) is 5.91 Å². The maximum absolute atomic E-state index is 13.8. The first-order valence-corrected chi connectivity index (χ1v) is 8.47. The smallest absolute Gasteiger partial charge is 0.225 e. The summed E-state index contributed by atoms with van der Waals surface area (Å²) in [6, 6.07) is 3.94. The van der Waals surface area contributed by atoms with E-state index in [0.717, 1.165) is 51.3 Å². The number of nitrogens with zero attached hydrogens (tertiary/aromatic N) is 2. The molecule has 1 aliphatic heterocycles. The predicted octanol–water partition coefficient (Wildman–Crippen LogP) is 3.19. The van der Waals surface area contributed by atoms with Gasteiger partial charge in [0.15, 0.2) is 0 Å². The lowest BCUT2D eigenvalue weighted by atomic mass is 9.84. The summed E-state index contributed by atoms with van der Waals surface area (Å²) in [7, 11) is 1.90. The van der Waals surface area contributed by atoms with E-state index in [1.807, 2.05) is 11.9 Å². The third-order valence-corrected chi connectivity index (χ3v) is 5.24. The number of carbonyl (C=O) groups is 1. The normalized spacial score (nSPS) is 22.7. The molecule has 0 aromatic heterocycles. The van der Waals surface area contributed by atoms with Crippen LogP contribution in [0.2, 0.25) is 0 Å². The Labute approximate surface area is 136 Å². The van der Waals surface area contributed by atoms with Crippen molar-refractivity contribution in [3.05, 3.63) is 35.4 Å². The van der Waals surface area contributed by atoms with Gasteiger partial charge < -0.3 is 4.90 Å². The van der Waals surface area contributed by atoms with E-state index in [-0.39, 0.29) is 17.9 Å². The summed E-state index contributed by atoms with van der Waals surface area (Å²) in [5.74, 6) is -0.569. The van der Waals surface area contributed by atoms with Crippen LogP contribution in [-0.2, 0) is 11.3 Å². The van der Waals surface area contributed by atoms with Gasteiger partial charge in [0, 0.05) is 43.7 Å². The Morgan fingerprint density at radius 3 is 2.70 bits per heavy atom. The van der Waals surface area contributed by atoms with Crippen LogP contribution in [0.4, 0.5) is 8.78 Å². The summed E-state index contributed by atoms with van der Waals surface area (Å²) < 4.78 is 26.8. The highest BCUT2D eigenvalue weighted by Gasteiger charge is 2.32. The number of halogens is 2. The topological polar surface area (TPSA) is 23.6 Å². The summed E-state index contributed by atoms with van der Waals surface area (Å²) in [6.45, 7) is 2.11. The third-order valence-electron chi connectivity index (χ3n) is 5.24. The molecule has 0 spiro atoms. The third kappa shape index (κ3) is 3.71. The lowest BCUT2D eigenvalue weighted by Crippen LogP contribution is -2.50. The maximum Gasteiger partial charge on any atom is 0.225 e. The first-order valence-electron chi connectivity index (χ1n) is 8.47. The lowest BCUT2D eigenvalue weighted by molar-refractivity contribution is -0.140. The summed E-state index contributed by atoms with van der Waals surface area (Å²) in [4.78, 5) is 16.4. The minimum absolute atomic E-state index is 0.195. The predicted molar refractivity (Wildman–Crippen MR) is 84.8 cm³/mol. The zero-order valence-electron chi connectivity index (χ0n) is 13.6. The van der Waals surface area contributed by atoms with Gasteiger partial charge in [0.05, 0.1) is 0 Å². The first-order chi connectivity index (χ1) is 11.0. The van der Waals surface area contributed by atoms with Gasteiger partial charge in [-0.3, -0.25) is 9.69 Å². The molecule has 1 amide bonds. The molecule has 3 rings (SSSR count). The van der Waals surface area contributed by atoms with Crippen molar-refractivity contribution in [1.29, 1.82) is 0 Å². The fourth-order valence-corrected chi connectivity index (χ4v) is 3.50. The molecule has 1 heterocycles. The molecule has 5 heteroatoms. The fraction of sp³-hybridized carbons (Fsp3) is 0.611. The number of hydrogen-bond donors (Lipinski definition) is 0. The zero-order valence-corrected chi connectivity index (χ0v) is 13.6. The van der Waals surface area contributed by atoms with Crippen LogP contribution in [0, 0.1) is 17.6 Å². The van der Waals surface area contributed by atoms with Gasteiger partial charge in [0.25, 0.3) is 0 Å². The molecule has 0 bridgehead atoms. The van der Waals surface area contributed by atoms with Gasteiger partial charge >= 0.3 is 0 Å². The molecular formula is C18H24F2N2O. The first kappa shape index (κ1) is 16.4. The molecule has 1 aliphatic carbocycles. The summed E-state index contributed by atoms with van der Waals surface area (Å²) in [5.41, 5.74) is 0.514. The van der Waals surface area contributed by atoms with E-state index in [9.17, 15) is 13.6 Å². The number of carbonyl (C=O) groups excluding carboxylic acids is 1. The number of piperidine rings is 1. The Morgan fingerprint density at radius 1 is 1.26 bits per heavy atom. The molecule has 1 saturated carbocycles. The number of amides is 1. The molecule has 0 radical (unpaired) electrons. The zero-order chi connectivity index (χ0) is 16.4. The van der Waals surface area contributed by atoms with Crippen LogP contribution in [0.15, 0.2) is 18.2 Å². The van der Waals surface area contributed by atoms with E-state index in [2.05, 4.69) is 4.90 Å². The molecule has 1 atom stereocenters. The van der Waals surface area contributed by atoms with Gasteiger partial charge in [-0.25, -0.2) is 8.78 Å². The van der Waals surface area contributed by atoms with Crippen LogP contribution in [0.1, 0.15) is 37.7 Å². The van der Waals surface area contributed by atoms with Crippen molar-refractivity contribution in [3.8, 4) is 0 Å². The van der Waals surface area contributed by atoms with E-state index in [1.165, 1.54) is 12.1 Å². The van der Waals surface area contributed by atoms with Crippen LogP contribution in [0.25, 0.3) is 0 Å². The van der Waals surface area contributed by atoms with Crippen molar-refractivity contribution in [2.45, 2.75) is 44.7 Å². The van der Waals surface area contributed by atoms with E-state index in [1.54, 1.807) is 0 Å². The second-order valence-corrected chi connectivity index (χ2v) is 6.84. The summed E-state index contributed by atoms with van der Waals surface area (Å²) >= 11 is 0. The van der Waals surface area contributed by atoms with Crippen molar-refractivity contribution in [2.75, 3.05) is 20.1 Å². The van der Waals surface area contributed by atoms with Crippen molar-refractivity contribution in [2.24, 2.45) is 5.92 Å². The molecule has 3 nitrogen and oxygen atoms in total. The van der Waals surface area contributed by atoms with Crippen molar-refractivity contribution < 1.29 is 13.6 Å². The quantitative estimate of drug-likeness (QED) is 0.850. The monoisotopic (exact) mass is 322 g/mol. The fourth-order valence-electron chi connectivity index (χ4n) is 3.50. The van der Waals surface area contributed by atoms with Crippen LogP contribution in [-0.4, -0.2) is 41.9 Å². The molecule has 0 N–H and O–H groups in total. The average Bonchev–Trinajstić information content (AvgIpc) is 2.48. The minimum Gasteiger partial charge on any atom is -0.341 e. The molecule has 1 aromatic carbocycles. The molecular weight excluding hydrogens is 298 g/mol. The Kier molecular flexibility index (Phi) is 4.95. The molecule has 2 aliphatic rings. The molecule has 1 unspecified atom stereocenters. The van der Waals surface area contributed by atoms with E-state index >= 15 is 0 Å². The van der Waals surface area contributed by atoms with Crippen LogP contribution >= 0.6 is 0 Å². The van der Waals surface area contributed by atoms with Gasteiger partial charge in [-0.2, -0.15) is 0 Å². The standard InChI is InChI=1S/C18H24F2N2O/c1-21(18(23)13-4-2-5-13)16-6-3-9-22(12-16)11-14-7-8-15(19)10-17(14)20/h7-8,10,13,16H,2-6,9,11-12H2,1H3. The maximum atomic E-state index is 13.8. The van der Waals surface area contributed by atoms with E-state index in [4.69, 9.17) is 0 Å². The van der Waals surface area contributed by atoms with Crippen molar-refractivity contribution >= 4 is 5.91 Å². The molecule has 1 saturated heterocycles. The van der Waals surface area contributed by atoms with Gasteiger partial charge in [-0.15, -0.1) is 0 Å². The minimum atomic E-state index is -0.548. The molecule has 2 fully saturated rings. The number of hydrogen-bond acceptors (Lipinski definition) is 2. The highest BCUT2D eigenvalue weighted by atomic mass is 19.1. The number of rotatable bonds is 4. The highest BCUT2D eigenvalue weighted by Crippen LogP contribution is 2.29. The Morgan fingerprint density at radius 2 is 2.04 bits per heavy atom. The Hall–Kier alpha value is -1.49. The van der Waals surface area contributed by atoms with Crippen LogP contribution in [0.5, 0.6) is 0 Å². The SMILES string of the molecule is CN(C(=O)C1CCC1)C1CCCN(Cc2ccc(F)cc2F)C1. The van der Waals surface area contributed by atoms with E-state index in [0.29, 0.717) is 12.1 Å². The summed E-state index contributed by atoms with van der Waals surface area (Å²) in [6.07, 6.45) is 5.18. The molecule has 1 aromatic rings. The summed E-state index contributed by atoms with van der Waals surface area (Å²) in [5, 5.41) is 0.